The van der Waals surface area contributed by atoms with Gasteiger partial charge in [0.1, 0.15) is 12.1 Å². The van der Waals surface area contributed by atoms with Crippen molar-refractivity contribution in [3.8, 4) is 0 Å². The van der Waals surface area contributed by atoms with E-state index in [-0.39, 0.29) is 36.1 Å². The van der Waals surface area contributed by atoms with Crippen LogP contribution in [0.1, 0.15) is 60.3 Å². The van der Waals surface area contributed by atoms with E-state index in [4.69, 9.17) is 0 Å². The highest BCUT2D eigenvalue weighted by Crippen LogP contribution is 2.65. The second kappa shape index (κ2) is 11.3. The van der Waals surface area contributed by atoms with Crippen molar-refractivity contribution in [1.82, 2.24) is 25.8 Å². The third-order valence-corrected chi connectivity index (χ3v) is 9.47. The third-order valence-electron chi connectivity index (χ3n) is 9.47. The van der Waals surface area contributed by atoms with Crippen molar-refractivity contribution in [2.24, 2.45) is 28.6 Å². The topological polar surface area (TPSA) is 148 Å². The number of piperidine rings is 2. The first-order chi connectivity index (χ1) is 19.4. The molecule has 3 aliphatic heterocycles. The maximum atomic E-state index is 13.9. The van der Waals surface area contributed by atoms with E-state index in [0.717, 1.165) is 6.42 Å². The van der Waals surface area contributed by atoms with Crippen molar-refractivity contribution >= 4 is 29.5 Å². The number of rotatable bonds is 8. The second-order valence-electron chi connectivity index (χ2n) is 13.8. The number of nitrogens with zero attached hydrogens (tertiary/aromatic N) is 2. The molecule has 14 heteroatoms. The number of likely N-dealkylation sites (tertiary alicyclic amines) is 2. The van der Waals surface area contributed by atoms with E-state index in [9.17, 15) is 42.3 Å². The van der Waals surface area contributed by atoms with Crippen LogP contribution in [-0.4, -0.2) is 101 Å². The third kappa shape index (κ3) is 6.23. The molecule has 0 bridgehead atoms. The summed E-state index contributed by atoms with van der Waals surface area (Å²) in [7, 11) is 0. The molecular formula is C28H42F3N5O6. The van der Waals surface area contributed by atoms with Gasteiger partial charge in [-0.25, -0.2) is 0 Å². The van der Waals surface area contributed by atoms with Crippen LogP contribution in [0.2, 0.25) is 0 Å². The van der Waals surface area contributed by atoms with Crippen LogP contribution in [0.5, 0.6) is 0 Å². The summed E-state index contributed by atoms with van der Waals surface area (Å²) < 4.78 is 39.4. The highest BCUT2D eigenvalue weighted by atomic mass is 19.4. The van der Waals surface area contributed by atoms with Crippen LogP contribution in [0.15, 0.2) is 0 Å². The van der Waals surface area contributed by atoms with Crippen LogP contribution in [0.3, 0.4) is 0 Å². The molecule has 4 rings (SSSR count). The Bertz CT molecular complexity index is 1120. The first-order valence-corrected chi connectivity index (χ1v) is 14.6. The van der Waals surface area contributed by atoms with Crippen LogP contribution in [0, 0.1) is 28.6 Å². The molecule has 0 aromatic carbocycles. The Morgan fingerprint density at radius 1 is 1.07 bits per heavy atom. The largest absolute Gasteiger partial charge is 0.471 e. The van der Waals surface area contributed by atoms with Crippen molar-refractivity contribution in [3.05, 3.63) is 0 Å². The van der Waals surface area contributed by atoms with Gasteiger partial charge in [0, 0.05) is 32.1 Å². The van der Waals surface area contributed by atoms with Gasteiger partial charge in [-0.15, -0.1) is 0 Å². The average Bonchev–Trinajstić information content (AvgIpc) is 3.18. The summed E-state index contributed by atoms with van der Waals surface area (Å²) in [6.07, 6.45) is -4.81. The molecule has 0 aromatic rings. The van der Waals surface area contributed by atoms with E-state index in [1.807, 2.05) is 19.2 Å². The van der Waals surface area contributed by atoms with E-state index in [2.05, 4.69) is 10.6 Å². The average molecular weight is 602 g/mol. The fourth-order valence-corrected chi connectivity index (χ4v) is 6.64. The molecular weight excluding hydrogens is 559 g/mol. The van der Waals surface area contributed by atoms with E-state index < -0.39 is 65.4 Å². The number of aliphatic hydroxyl groups excluding tert-OH is 1. The van der Waals surface area contributed by atoms with Gasteiger partial charge in [-0.1, -0.05) is 34.6 Å². The van der Waals surface area contributed by atoms with Crippen molar-refractivity contribution in [3.63, 3.8) is 0 Å². The normalized spacial score (nSPS) is 28.9. The summed E-state index contributed by atoms with van der Waals surface area (Å²) in [6.45, 7) is 9.99. The quantitative estimate of drug-likeness (QED) is 0.320. The SMILES string of the molecule is CC(C)(C)[C@H](NC(=O)C(F)(F)F)C(=O)N1C[C@H]2[C@@H]([C@H]1C(=O)N[C@@H](C[C@@H]1CCCNC1=O)[C@@H](O)C(=O)N1CCC1)C2(C)C. The molecule has 4 aliphatic rings. The Balaban J connectivity index is 1.59. The predicted molar refractivity (Wildman–Crippen MR) is 143 cm³/mol. The molecule has 4 fully saturated rings. The Hall–Kier alpha value is -2.90. The first-order valence-electron chi connectivity index (χ1n) is 14.6. The molecule has 1 aliphatic carbocycles. The molecule has 0 aromatic heterocycles. The van der Waals surface area contributed by atoms with E-state index >= 15 is 0 Å². The number of aliphatic hydroxyl groups is 1. The van der Waals surface area contributed by atoms with Gasteiger partial charge in [0.25, 0.3) is 5.91 Å². The van der Waals surface area contributed by atoms with E-state index in [0.29, 0.717) is 32.5 Å². The maximum Gasteiger partial charge on any atom is 0.471 e. The zero-order valence-corrected chi connectivity index (χ0v) is 24.7. The Morgan fingerprint density at radius 3 is 2.24 bits per heavy atom. The van der Waals surface area contributed by atoms with Crippen LogP contribution in [0.25, 0.3) is 0 Å². The lowest BCUT2D eigenvalue weighted by atomic mass is 9.85. The zero-order valence-electron chi connectivity index (χ0n) is 24.7. The van der Waals surface area contributed by atoms with Gasteiger partial charge < -0.3 is 30.9 Å². The number of halogens is 3. The minimum Gasteiger partial charge on any atom is -0.381 e. The lowest BCUT2D eigenvalue weighted by Gasteiger charge is -2.39. The number of nitrogens with one attached hydrogen (secondary N) is 3. The number of hydrogen-bond donors (Lipinski definition) is 4. The van der Waals surface area contributed by atoms with Crippen molar-refractivity contribution < 1.29 is 42.3 Å². The van der Waals surface area contributed by atoms with Crippen LogP contribution in [-0.2, 0) is 24.0 Å². The van der Waals surface area contributed by atoms with Gasteiger partial charge in [0.2, 0.25) is 17.7 Å². The van der Waals surface area contributed by atoms with Crippen molar-refractivity contribution in [2.45, 2.75) is 90.7 Å². The lowest BCUT2D eigenvalue weighted by molar-refractivity contribution is -0.176. The lowest BCUT2D eigenvalue weighted by Crippen LogP contribution is -2.62. The minimum atomic E-state index is -5.20. The first kappa shape index (κ1) is 32.0. The Kier molecular flexibility index (Phi) is 8.62. The summed E-state index contributed by atoms with van der Waals surface area (Å²) in [4.78, 5) is 67.7. The standard InChI is InChI=1S/C28H42F3N5O6/c1-26(2,3)20(34-25(42)28(29,30)31)24(41)36-13-15-17(27(15,4)5)18(36)22(39)33-16(12-14-8-6-9-32-21(14)38)19(37)23(40)35-10-7-11-35/h14-20,37H,6-13H2,1-5H3,(H,32,38)(H,33,39)(H,34,42)/t14-,15-,16-,17-,18-,19+,20+/m0/s1. The van der Waals surface area contributed by atoms with Gasteiger partial charge in [0.15, 0.2) is 6.10 Å². The molecule has 3 heterocycles. The number of carbonyl (C=O) groups is 5. The molecule has 5 amide bonds. The van der Waals surface area contributed by atoms with Crippen molar-refractivity contribution in [1.29, 1.82) is 0 Å². The van der Waals surface area contributed by atoms with Gasteiger partial charge in [-0.2, -0.15) is 13.2 Å². The molecule has 7 atom stereocenters. The smallest absolute Gasteiger partial charge is 0.381 e. The number of fused-ring (bicyclic) bond motifs is 1. The van der Waals surface area contributed by atoms with Crippen molar-refractivity contribution in [2.75, 3.05) is 26.2 Å². The summed E-state index contributed by atoms with van der Waals surface area (Å²) in [5.41, 5.74) is -1.45. The molecule has 0 radical (unpaired) electrons. The van der Waals surface area contributed by atoms with E-state index in [1.165, 1.54) is 30.6 Å². The molecule has 11 nitrogen and oxygen atoms in total. The van der Waals surface area contributed by atoms with Gasteiger partial charge in [-0.05, 0) is 48.3 Å². The number of hydrogen-bond acceptors (Lipinski definition) is 6. The number of amides is 5. The number of alkyl halides is 3. The molecule has 1 saturated carbocycles. The summed E-state index contributed by atoms with van der Waals surface area (Å²) in [5.74, 6) is -5.49. The summed E-state index contributed by atoms with van der Waals surface area (Å²) in [5, 5.41) is 18.4. The summed E-state index contributed by atoms with van der Waals surface area (Å²) >= 11 is 0. The maximum absolute atomic E-state index is 13.9. The Labute approximate surface area is 243 Å². The fourth-order valence-electron chi connectivity index (χ4n) is 6.64. The molecule has 4 N–H and O–H groups in total. The highest BCUT2D eigenvalue weighted by Gasteiger charge is 2.70. The number of carbonyl (C=O) groups excluding carboxylic acids is 5. The summed E-state index contributed by atoms with van der Waals surface area (Å²) in [6, 6.07) is -3.79. The predicted octanol–water partition coefficient (Wildman–Crippen LogP) is 0.557. The zero-order chi connectivity index (χ0) is 31.4. The highest BCUT2D eigenvalue weighted by molar-refractivity contribution is 5.95. The molecule has 3 saturated heterocycles. The Morgan fingerprint density at radius 2 is 1.71 bits per heavy atom. The fraction of sp³-hybridized carbons (Fsp3) is 0.821. The second-order valence-corrected chi connectivity index (χ2v) is 13.8. The van der Waals surface area contributed by atoms with Gasteiger partial charge in [-0.3, -0.25) is 24.0 Å². The molecule has 42 heavy (non-hydrogen) atoms. The monoisotopic (exact) mass is 601 g/mol. The van der Waals surface area contributed by atoms with Crippen LogP contribution < -0.4 is 16.0 Å². The van der Waals surface area contributed by atoms with Gasteiger partial charge in [0.05, 0.1) is 6.04 Å². The molecule has 236 valence electrons. The van der Waals surface area contributed by atoms with Crippen LogP contribution in [0.4, 0.5) is 13.2 Å². The molecule has 0 spiro atoms. The van der Waals surface area contributed by atoms with Gasteiger partial charge >= 0.3 is 12.1 Å². The van der Waals surface area contributed by atoms with Crippen LogP contribution >= 0.6 is 0 Å². The molecule has 0 unspecified atom stereocenters. The van der Waals surface area contributed by atoms with E-state index in [1.54, 1.807) is 0 Å². The minimum absolute atomic E-state index is 0.00271.